The van der Waals surface area contributed by atoms with Gasteiger partial charge in [0.15, 0.2) is 0 Å². The highest BCUT2D eigenvalue weighted by atomic mass is 32.2. The minimum absolute atomic E-state index is 0.196. The Hall–Kier alpha value is -0.220. The van der Waals surface area contributed by atoms with Gasteiger partial charge in [0.2, 0.25) is 0 Å². The van der Waals surface area contributed by atoms with Crippen LogP contribution in [0.25, 0.3) is 0 Å². The molecule has 3 nitrogen and oxygen atoms in total. The van der Waals surface area contributed by atoms with Crippen LogP contribution in [-0.2, 0) is 0 Å². The molecular formula is C6H12N2OS. The lowest BCUT2D eigenvalue weighted by molar-refractivity contribution is 0.215. The topological polar surface area (TPSA) is 32.3 Å². The number of thioether (sulfide) groups is 1. The lowest BCUT2D eigenvalue weighted by Crippen LogP contribution is -2.44. The number of rotatable bonds is 0. The molecule has 1 aliphatic heterocycles. The SMILES string of the molecule is CSC(=O)N1CCNCC1. The molecule has 58 valence electrons. The number of carbonyl (C=O) groups is 1. The van der Waals surface area contributed by atoms with Crippen molar-refractivity contribution in [1.82, 2.24) is 10.2 Å². The van der Waals surface area contributed by atoms with E-state index in [4.69, 9.17) is 0 Å². The molecule has 0 radical (unpaired) electrons. The lowest BCUT2D eigenvalue weighted by atomic mass is 10.4. The highest BCUT2D eigenvalue weighted by molar-refractivity contribution is 8.12. The molecule has 0 aromatic carbocycles. The van der Waals surface area contributed by atoms with Crippen molar-refractivity contribution in [2.24, 2.45) is 0 Å². The van der Waals surface area contributed by atoms with Crippen LogP contribution in [0.2, 0.25) is 0 Å². The Morgan fingerprint density at radius 2 is 2.10 bits per heavy atom. The van der Waals surface area contributed by atoms with Crippen molar-refractivity contribution in [2.45, 2.75) is 0 Å². The predicted octanol–water partition coefficient (Wildman–Crippen LogP) is 0.375. The fraction of sp³-hybridized carbons (Fsp3) is 0.833. The molecule has 1 heterocycles. The zero-order valence-corrected chi connectivity index (χ0v) is 6.91. The summed E-state index contributed by atoms with van der Waals surface area (Å²) in [5, 5.41) is 3.39. The monoisotopic (exact) mass is 160 g/mol. The summed E-state index contributed by atoms with van der Waals surface area (Å²) in [6.07, 6.45) is 1.82. The number of amides is 1. The summed E-state index contributed by atoms with van der Waals surface area (Å²) in [4.78, 5) is 12.9. The van der Waals surface area contributed by atoms with Gasteiger partial charge in [-0.25, -0.2) is 0 Å². The minimum Gasteiger partial charge on any atom is -0.331 e. The molecule has 0 bridgehead atoms. The number of hydrogen-bond acceptors (Lipinski definition) is 3. The smallest absolute Gasteiger partial charge is 0.281 e. The first-order chi connectivity index (χ1) is 4.84. The van der Waals surface area contributed by atoms with E-state index in [2.05, 4.69) is 5.32 Å². The third kappa shape index (κ3) is 1.88. The first-order valence-corrected chi connectivity index (χ1v) is 4.60. The van der Waals surface area contributed by atoms with Gasteiger partial charge < -0.3 is 10.2 Å². The first-order valence-electron chi connectivity index (χ1n) is 3.38. The molecule has 1 rings (SSSR count). The molecule has 0 saturated carbocycles. The van der Waals surface area contributed by atoms with E-state index in [9.17, 15) is 4.79 Å². The van der Waals surface area contributed by atoms with Crippen molar-refractivity contribution in [3.05, 3.63) is 0 Å². The van der Waals surface area contributed by atoms with Crippen LogP contribution in [0.3, 0.4) is 0 Å². The van der Waals surface area contributed by atoms with Crippen molar-refractivity contribution in [3.63, 3.8) is 0 Å². The van der Waals surface area contributed by atoms with Crippen LogP contribution in [0.5, 0.6) is 0 Å². The molecular weight excluding hydrogens is 148 g/mol. The lowest BCUT2D eigenvalue weighted by Gasteiger charge is -2.26. The van der Waals surface area contributed by atoms with Gasteiger partial charge in [-0.1, -0.05) is 11.8 Å². The zero-order chi connectivity index (χ0) is 7.40. The highest BCUT2D eigenvalue weighted by Gasteiger charge is 2.13. The maximum Gasteiger partial charge on any atom is 0.281 e. The van der Waals surface area contributed by atoms with E-state index in [1.54, 1.807) is 0 Å². The van der Waals surface area contributed by atoms with Crippen LogP contribution >= 0.6 is 11.8 Å². The quantitative estimate of drug-likeness (QED) is 0.556. The first kappa shape index (κ1) is 7.88. The number of hydrogen-bond donors (Lipinski definition) is 1. The van der Waals surface area contributed by atoms with Crippen LogP contribution in [0, 0.1) is 0 Å². The van der Waals surface area contributed by atoms with Crippen molar-refractivity contribution in [1.29, 1.82) is 0 Å². The van der Waals surface area contributed by atoms with E-state index >= 15 is 0 Å². The minimum atomic E-state index is 0.196. The van der Waals surface area contributed by atoms with Crippen molar-refractivity contribution in [3.8, 4) is 0 Å². The average molecular weight is 160 g/mol. The van der Waals surface area contributed by atoms with Gasteiger partial charge in [0.05, 0.1) is 0 Å². The largest absolute Gasteiger partial charge is 0.331 e. The Morgan fingerprint density at radius 3 is 2.60 bits per heavy atom. The number of nitrogens with one attached hydrogen (secondary N) is 1. The number of nitrogens with zero attached hydrogens (tertiary/aromatic N) is 1. The molecule has 1 N–H and O–H groups in total. The molecule has 1 amide bonds. The van der Waals surface area contributed by atoms with E-state index in [1.807, 2.05) is 11.2 Å². The Morgan fingerprint density at radius 1 is 1.50 bits per heavy atom. The molecule has 4 heteroatoms. The molecule has 0 unspecified atom stereocenters. The zero-order valence-electron chi connectivity index (χ0n) is 6.09. The molecule has 0 aliphatic carbocycles. The second-order valence-corrected chi connectivity index (χ2v) is 2.96. The Labute approximate surface area is 65.2 Å². The Bertz CT molecular complexity index is 123. The summed E-state index contributed by atoms with van der Waals surface area (Å²) in [7, 11) is 0. The average Bonchev–Trinajstić information content (AvgIpc) is 2.05. The van der Waals surface area contributed by atoms with E-state index < -0.39 is 0 Å². The highest BCUT2D eigenvalue weighted by Crippen LogP contribution is 2.04. The van der Waals surface area contributed by atoms with Crippen LogP contribution in [-0.4, -0.2) is 42.6 Å². The van der Waals surface area contributed by atoms with Crippen LogP contribution in [0.15, 0.2) is 0 Å². The van der Waals surface area contributed by atoms with E-state index in [1.165, 1.54) is 11.8 Å². The molecule has 0 aromatic rings. The van der Waals surface area contributed by atoms with E-state index in [-0.39, 0.29) is 5.24 Å². The molecule has 0 spiro atoms. The van der Waals surface area contributed by atoms with Gasteiger partial charge in [0, 0.05) is 26.2 Å². The molecule has 1 fully saturated rings. The van der Waals surface area contributed by atoms with Gasteiger partial charge in [0.1, 0.15) is 0 Å². The van der Waals surface area contributed by atoms with Gasteiger partial charge in [-0.3, -0.25) is 4.79 Å². The molecule has 10 heavy (non-hydrogen) atoms. The fourth-order valence-corrected chi connectivity index (χ4v) is 1.42. The fourth-order valence-electron chi connectivity index (χ4n) is 0.977. The summed E-state index contributed by atoms with van der Waals surface area (Å²) >= 11 is 1.29. The maximum absolute atomic E-state index is 11.0. The Kier molecular flexibility index (Phi) is 3.02. The summed E-state index contributed by atoms with van der Waals surface area (Å²) in [6.45, 7) is 3.60. The van der Waals surface area contributed by atoms with Crippen LogP contribution in [0.4, 0.5) is 4.79 Å². The molecule has 0 aromatic heterocycles. The van der Waals surface area contributed by atoms with Gasteiger partial charge in [-0.15, -0.1) is 0 Å². The van der Waals surface area contributed by atoms with Crippen molar-refractivity contribution < 1.29 is 4.79 Å². The van der Waals surface area contributed by atoms with Crippen LogP contribution < -0.4 is 5.32 Å². The predicted molar refractivity (Wildman–Crippen MR) is 43.4 cm³/mol. The van der Waals surface area contributed by atoms with Crippen molar-refractivity contribution >= 4 is 17.0 Å². The Balaban J connectivity index is 2.31. The summed E-state index contributed by atoms with van der Waals surface area (Å²) in [5.74, 6) is 0. The molecule has 1 aliphatic rings. The van der Waals surface area contributed by atoms with Gasteiger partial charge in [-0.2, -0.15) is 0 Å². The van der Waals surface area contributed by atoms with Gasteiger partial charge in [-0.05, 0) is 6.26 Å². The normalized spacial score (nSPS) is 19.1. The van der Waals surface area contributed by atoms with E-state index in [0.717, 1.165) is 26.2 Å². The summed E-state index contributed by atoms with van der Waals surface area (Å²) in [6, 6.07) is 0. The number of piperazine rings is 1. The van der Waals surface area contributed by atoms with E-state index in [0.29, 0.717) is 0 Å². The second kappa shape index (κ2) is 3.83. The maximum atomic E-state index is 11.0. The third-order valence-corrected chi connectivity index (χ3v) is 2.16. The van der Waals surface area contributed by atoms with Gasteiger partial charge >= 0.3 is 0 Å². The van der Waals surface area contributed by atoms with Crippen LogP contribution in [0.1, 0.15) is 0 Å². The van der Waals surface area contributed by atoms with Crippen molar-refractivity contribution in [2.75, 3.05) is 32.4 Å². The molecule has 1 saturated heterocycles. The summed E-state index contributed by atoms with van der Waals surface area (Å²) < 4.78 is 0. The second-order valence-electron chi connectivity index (χ2n) is 2.21. The molecule has 0 atom stereocenters. The number of carbonyl (C=O) groups excluding carboxylic acids is 1. The van der Waals surface area contributed by atoms with Gasteiger partial charge in [0.25, 0.3) is 5.24 Å². The standard InChI is InChI=1S/C6H12N2OS/c1-10-6(9)8-4-2-7-3-5-8/h7H,2-5H2,1H3. The summed E-state index contributed by atoms with van der Waals surface area (Å²) in [5.41, 5.74) is 0. The third-order valence-electron chi connectivity index (χ3n) is 1.55.